The quantitative estimate of drug-likeness (QED) is 0.722. The topological polar surface area (TPSA) is 12.5 Å². The third-order valence-corrected chi connectivity index (χ3v) is 3.95. The van der Waals surface area contributed by atoms with Gasteiger partial charge in [0.15, 0.2) is 0 Å². The summed E-state index contributed by atoms with van der Waals surface area (Å²) in [5.41, 5.74) is -0.163. The number of hydrogen-bond donors (Lipinski definition) is 0. The number of fused-ring (bicyclic) bond motifs is 1. The van der Waals surface area contributed by atoms with Crippen molar-refractivity contribution in [2.24, 2.45) is 0 Å². The molecule has 3 atom stereocenters. The second kappa shape index (κ2) is 3.95. The maximum absolute atomic E-state index is 13.6. The first-order valence-electron chi connectivity index (χ1n) is 6.40. The lowest BCUT2D eigenvalue weighted by atomic mass is 9.87. The van der Waals surface area contributed by atoms with Crippen LogP contribution in [0.5, 0.6) is 0 Å². The van der Waals surface area contributed by atoms with Crippen LogP contribution in [0.3, 0.4) is 0 Å². The number of alkyl halides is 1. The fourth-order valence-electron chi connectivity index (χ4n) is 3.41. The Balaban J connectivity index is 2.11. The fraction of sp³-hybridized carbons (Fsp3) is 1.00. The van der Waals surface area contributed by atoms with Crippen LogP contribution in [0, 0.1) is 0 Å². The molecule has 1 unspecified atom stereocenters. The van der Waals surface area contributed by atoms with E-state index in [1.807, 2.05) is 0 Å². The molecule has 2 saturated heterocycles. The summed E-state index contributed by atoms with van der Waals surface area (Å²) in [6, 6.07) is 0. The van der Waals surface area contributed by atoms with Crippen molar-refractivity contribution in [3.63, 3.8) is 0 Å². The summed E-state index contributed by atoms with van der Waals surface area (Å²) in [7, 11) is 0. The van der Waals surface area contributed by atoms with Crippen LogP contribution in [0.25, 0.3) is 0 Å². The molecule has 0 saturated carbocycles. The third kappa shape index (κ3) is 2.12. The summed E-state index contributed by atoms with van der Waals surface area (Å²) in [4.78, 5) is 2.31. The van der Waals surface area contributed by atoms with Crippen LogP contribution in [0.1, 0.15) is 47.0 Å². The minimum absolute atomic E-state index is 0.0211. The number of ether oxygens (including phenoxy) is 1. The van der Waals surface area contributed by atoms with E-state index < -0.39 is 6.17 Å². The minimum atomic E-state index is -0.661. The second-order valence-electron chi connectivity index (χ2n) is 6.33. The molecule has 0 aromatic rings. The SMILES string of the molecule is CC(OC(C)(C)C)[C@@]12CCCN1C[C@H](F)C2. The van der Waals surface area contributed by atoms with E-state index in [0.717, 1.165) is 13.0 Å². The van der Waals surface area contributed by atoms with Crippen molar-refractivity contribution in [3.05, 3.63) is 0 Å². The summed E-state index contributed by atoms with van der Waals surface area (Å²) < 4.78 is 19.7. The van der Waals surface area contributed by atoms with Crippen LogP contribution < -0.4 is 0 Å². The van der Waals surface area contributed by atoms with Gasteiger partial charge in [-0.1, -0.05) is 0 Å². The van der Waals surface area contributed by atoms with Crippen LogP contribution in [-0.2, 0) is 4.74 Å². The zero-order chi connectivity index (χ0) is 12.0. The molecular formula is C13H24FNO. The maximum atomic E-state index is 13.6. The molecule has 94 valence electrons. The summed E-state index contributed by atoms with van der Waals surface area (Å²) in [5.74, 6) is 0. The Bertz CT molecular complexity index is 263. The predicted molar refractivity (Wildman–Crippen MR) is 63.4 cm³/mol. The van der Waals surface area contributed by atoms with Crippen LogP contribution in [-0.4, -0.2) is 41.4 Å². The molecule has 2 fully saturated rings. The lowest BCUT2D eigenvalue weighted by molar-refractivity contribution is -0.107. The Morgan fingerprint density at radius 2 is 2.12 bits per heavy atom. The molecule has 0 spiro atoms. The molecule has 0 aromatic carbocycles. The summed E-state index contributed by atoms with van der Waals surface area (Å²) in [6.45, 7) is 9.97. The van der Waals surface area contributed by atoms with E-state index in [-0.39, 0.29) is 17.2 Å². The van der Waals surface area contributed by atoms with E-state index in [2.05, 4.69) is 32.6 Å². The van der Waals surface area contributed by atoms with Crippen molar-refractivity contribution in [1.82, 2.24) is 4.90 Å². The molecule has 2 nitrogen and oxygen atoms in total. The number of nitrogens with zero attached hydrogens (tertiary/aromatic N) is 1. The maximum Gasteiger partial charge on any atom is 0.115 e. The van der Waals surface area contributed by atoms with Crippen molar-refractivity contribution in [2.75, 3.05) is 13.1 Å². The Labute approximate surface area is 98.1 Å². The number of rotatable bonds is 2. The van der Waals surface area contributed by atoms with E-state index in [0.29, 0.717) is 13.0 Å². The molecule has 2 aliphatic rings. The largest absolute Gasteiger partial charge is 0.371 e. The highest BCUT2D eigenvalue weighted by atomic mass is 19.1. The molecule has 0 aromatic heterocycles. The highest BCUT2D eigenvalue weighted by Crippen LogP contribution is 2.44. The Morgan fingerprint density at radius 3 is 2.75 bits per heavy atom. The summed E-state index contributed by atoms with van der Waals surface area (Å²) in [5, 5.41) is 0. The van der Waals surface area contributed by atoms with Crippen molar-refractivity contribution in [1.29, 1.82) is 0 Å². The van der Waals surface area contributed by atoms with Gasteiger partial charge in [0, 0.05) is 18.5 Å². The summed E-state index contributed by atoms with van der Waals surface area (Å²) in [6.07, 6.45) is 2.39. The molecule has 2 rings (SSSR count). The molecule has 0 amide bonds. The van der Waals surface area contributed by atoms with Crippen molar-refractivity contribution in [2.45, 2.75) is 70.4 Å². The van der Waals surface area contributed by atoms with Gasteiger partial charge in [0.25, 0.3) is 0 Å². The number of hydrogen-bond acceptors (Lipinski definition) is 2. The predicted octanol–water partition coefficient (Wildman–Crippen LogP) is 2.77. The van der Waals surface area contributed by atoms with E-state index in [1.54, 1.807) is 0 Å². The van der Waals surface area contributed by atoms with E-state index in [9.17, 15) is 4.39 Å². The van der Waals surface area contributed by atoms with Gasteiger partial charge in [-0.2, -0.15) is 0 Å². The second-order valence-corrected chi connectivity index (χ2v) is 6.33. The lowest BCUT2D eigenvalue weighted by Crippen LogP contribution is -2.50. The average molecular weight is 229 g/mol. The van der Waals surface area contributed by atoms with Gasteiger partial charge in [0.05, 0.1) is 11.7 Å². The van der Waals surface area contributed by atoms with Gasteiger partial charge < -0.3 is 4.74 Å². The standard InChI is InChI=1S/C13H24FNO/c1-10(16-12(2,3)4)13-6-5-7-15(13)9-11(14)8-13/h10-11H,5-9H2,1-4H3/t10?,11-,13+/m1/s1. The molecule has 16 heavy (non-hydrogen) atoms. The average Bonchev–Trinajstić information content (AvgIpc) is 2.56. The third-order valence-electron chi connectivity index (χ3n) is 3.95. The van der Waals surface area contributed by atoms with Crippen LogP contribution >= 0.6 is 0 Å². The molecule has 0 aliphatic carbocycles. The molecule has 0 radical (unpaired) electrons. The smallest absolute Gasteiger partial charge is 0.115 e. The van der Waals surface area contributed by atoms with E-state index in [4.69, 9.17) is 4.74 Å². The molecular weight excluding hydrogens is 205 g/mol. The van der Waals surface area contributed by atoms with E-state index in [1.165, 1.54) is 6.42 Å². The highest BCUT2D eigenvalue weighted by molar-refractivity contribution is 5.07. The van der Waals surface area contributed by atoms with Gasteiger partial charge in [0.2, 0.25) is 0 Å². The number of halogens is 1. The zero-order valence-electron chi connectivity index (χ0n) is 10.9. The van der Waals surface area contributed by atoms with Gasteiger partial charge in [-0.15, -0.1) is 0 Å². The van der Waals surface area contributed by atoms with Crippen molar-refractivity contribution >= 4 is 0 Å². The van der Waals surface area contributed by atoms with Gasteiger partial charge in [-0.05, 0) is 47.1 Å². The normalized spacial score (nSPS) is 37.7. The Hall–Kier alpha value is -0.150. The van der Waals surface area contributed by atoms with Gasteiger partial charge >= 0.3 is 0 Å². The molecule has 3 heteroatoms. The lowest BCUT2D eigenvalue weighted by Gasteiger charge is -2.40. The van der Waals surface area contributed by atoms with Crippen molar-refractivity contribution < 1.29 is 9.13 Å². The minimum Gasteiger partial charge on any atom is -0.371 e. The van der Waals surface area contributed by atoms with Gasteiger partial charge in [-0.3, -0.25) is 4.90 Å². The van der Waals surface area contributed by atoms with Gasteiger partial charge in [0.1, 0.15) is 6.17 Å². The first-order chi connectivity index (χ1) is 7.33. The zero-order valence-corrected chi connectivity index (χ0v) is 10.9. The molecule has 2 heterocycles. The summed E-state index contributed by atoms with van der Waals surface area (Å²) >= 11 is 0. The van der Waals surface area contributed by atoms with Gasteiger partial charge in [-0.25, -0.2) is 4.39 Å². The fourth-order valence-corrected chi connectivity index (χ4v) is 3.41. The first-order valence-corrected chi connectivity index (χ1v) is 6.40. The Morgan fingerprint density at radius 1 is 1.44 bits per heavy atom. The van der Waals surface area contributed by atoms with Crippen LogP contribution in [0.2, 0.25) is 0 Å². The van der Waals surface area contributed by atoms with Crippen LogP contribution in [0.4, 0.5) is 4.39 Å². The Kier molecular flexibility index (Phi) is 3.04. The first kappa shape index (κ1) is 12.3. The molecule has 2 aliphatic heterocycles. The molecule has 0 N–H and O–H groups in total. The molecule has 0 bridgehead atoms. The van der Waals surface area contributed by atoms with Crippen LogP contribution in [0.15, 0.2) is 0 Å². The van der Waals surface area contributed by atoms with E-state index >= 15 is 0 Å². The monoisotopic (exact) mass is 229 g/mol. The van der Waals surface area contributed by atoms with Crippen molar-refractivity contribution in [3.8, 4) is 0 Å². The highest BCUT2D eigenvalue weighted by Gasteiger charge is 2.52.